The molecule has 2 rings (SSSR count). The van der Waals surface area contributed by atoms with Crippen LogP contribution in [0.3, 0.4) is 0 Å². The molecule has 4 heteroatoms. The summed E-state index contributed by atoms with van der Waals surface area (Å²) in [6.07, 6.45) is 0.846. The molecule has 0 atom stereocenters. The molecule has 4 nitrogen and oxygen atoms in total. The lowest BCUT2D eigenvalue weighted by molar-refractivity contribution is -0.120. The van der Waals surface area contributed by atoms with Crippen LogP contribution in [0.15, 0.2) is 18.2 Å². The fraction of sp³-hybridized carbons (Fsp3) is 0.417. The van der Waals surface area contributed by atoms with E-state index in [0.29, 0.717) is 18.0 Å². The predicted octanol–water partition coefficient (Wildman–Crippen LogP) is 1.51. The first-order chi connectivity index (χ1) is 7.62. The first-order valence-electron chi connectivity index (χ1n) is 5.11. The molecule has 0 fully saturated rings. The van der Waals surface area contributed by atoms with Crippen molar-refractivity contribution in [3.8, 4) is 11.5 Å². The van der Waals surface area contributed by atoms with Crippen LogP contribution >= 0.6 is 0 Å². The first kappa shape index (κ1) is 12.5. The Kier molecular flexibility index (Phi) is 3.90. The van der Waals surface area contributed by atoms with Gasteiger partial charge in [0.1, 0.15) is 5.60 Å². The Morgan fingerprint density at radius 1 is 1.44 bits per heavy atom. The van der Waals surface area contributed by atoms with Crippen LogP contribution in [0.4, 0.5) is 0 Å². The number of fused-ring (bicyclic) bond motifs is 1. The van der Waals surface area contributed by atoms with Crippen molar-refractivity contribution in [1.29, 1.82) is 0 Å². The van der Waals surface area contributed by atoms with Gasteiger partial charge in [-0.25, -0.2) is 0 Å². The zero-order valence-electron chi connectivity index (χ0n) is 9.82. The van der Waals surface area contributed by atoms with E-state index in [-0.39, 0.29) is 5.60 Å². The largest absolute Gasteiger partial charge is 0.483 e. The molecular formula is C12H17NO3. The number of nitrogens with two attached hydrogens (primary N) is 1. The number of para-hydroxylation sites is 1. The van der Waals surface area contributed by atoms with E-state index in [4.69, 9.17) is 9.47 Å². The molecule has 1 aliphatic heterocycles. The Morgan fingerprint density at radius 3 is 2.75 bits per heavy atom. The summed E-state index contributed by atoms with van der Waals surface area (Å²) in [6, 6.07) is 5.58. The number of carbonyl (C=O) groups excluding carboxylic acids is 1. The van der Waals surface area contributed by atoms with Crippen LogP contribution in [-0.2, 0) is 11.2 Å². The first-order valence-corrected chi connectivity index (χ1v) is 5.11. The molecule has 0 spiro atoms. The number of carbonyl (C=O) groups is 1. The Morgan fingerprint density at radius 2 is 2.12 bits per heavy atom. The quantitative estimate of drug-likeness (QED) is 0.772. The van der Waals surface area contributed by atoms with Crippen LogP contribution in [0.5, 0.6) is 11.5 Å². The molecule has 2 N–H and O–H groups in total. The Bertz CT molecular complexity index is 375. The van der Waals surface area contributed by atoms with Crippen molar-refractivity contribution in [2.75, 3.05) is 7.05 Å². The molecular weight excluding hydrogens is 206 g/mol. The molecule has 0 saturated carbocycles. The third-order valence-electron chi connectivity index (χ3n) is 2.23. The third kappa shape index (κ3) is 2.52. The van der Waals surface area contributed by atoms with E-state index in [1.54, 1.807) is 6.07 Å². The molecule has 1 aliphatic rings. The van der Waals surface area contributed by atoms with Crippen molar-refractivity contribution in [1.82, 2.24) is 0 Å². The maximum Gasteiger partial charge on any atom is 0.298 e. The molecule has 88 valence electrons. The second-order valence-electron chi connectivity index (χ2n) is 4.00. The average molecular weight is 223 g/mol. The second kappa shape index (κ2) is 4.99. The second-order valence-corrected chi connectivity index (χ2v) is 4.00. The van der Waals surface area contributed by atoms with Crippen LogP contribution in [0.1, 0.15) is 19.4 Å². The predicted molar refractivity (Wildman–Crippen MR) is 61.7 cm³/mol. The van der Waals surface area contributed by atoms with Crippen LogP contribution in [0.25, 0.3) is 0 Å². The number of hydrogen-bond acceptors (Lipinski definition) is 4. The topological polar surface area (TPSA) is 61.5 Å². The van der Waals surface area contributed by atoms with E-state index in [1.165, 1.54) is 7.05 Å². The van der Waals surface area contributed by atoms with Crippen molar-refractivity contribution < 1.29 is 14.3 Å². The van der Waals surface area contributed by atoms with Crippen LogP contribution in [0, 0.1) is 0 Å². The molecule has 0 unspecified atom stereocenters. The van der Waals surface area contributed by atoms with E-state index in [0.717, 1.165) is 12.0 Å². The van der Waals surface area contributed by atoms with E-state index in [2.05, 4.69) is 5.73 Å². The minimum absolute atomic E-state index is 0.204. The molecule has 1 heterocycles. The lowest BCUT2D eigenvalue weighted by atomic mass is 10.0. The fourth-order valence-electron chi connectivity index (χ4n) is 1.73. The van der Waals surface area contributed by atoms with Gasteiger partial charge in [0.15, 0.2) is 11.5 Å². The summed E-state index contributed by atoms with van der Waals surface area (Å²) in [6.45, 7) is 4.44. The molecule has 0 amide bonds. The average Bonchev–Trinajstić information content (AvgIpc) is 2.57. The van der Waals surface area contributed by atoms with Gasteiger partial charge in [0.25, 0.3) is 6.47 Å². The Labute approximate surface area is 95.3 Å². The highest BCUT2D eigenvalue weighted by Gasteiger charge is 2.32. The van der Waals surface area contributed by atoms with Crippen molar-refractivity contribution >= 4 is 6.47 Å². The smallest absolute Gasteiger partial charge is 0.298 e. The number of rotatable bonds is 2. The van der Waals surface area contributed by atoms with Gasteiger partial charge in [0.05, 0.1) is 0 Å². The minimum Gasteiger partial charge on any atom is -0.483 e. The van der Waals surface area contributed by atoms with Gasteiger partial charge >= 0.3 is 0 Å². The third-order valence-corrected chi connectivity index (χ3v) is 2.23. The summed E-state index contributed by atoms with van der Waals surface area (Å²) in [5, 5.41) is 0. The van der Waals surface area contributed by atoms with Gasteiger partial charge in [-0.2, -0.15) is 0 Å². The van der Waals surface area contributed by atoms with Gasteiger partial charge in [-0.15, -0.1) is 0 Å². The highest BCUT2D eigenvalue weighted by Crippen LogP contribution is 2.41. The summed E-state index contributed by atoms with van der Waals surface area (Å²) in [7, 11) is 1.50. The van der Waals surface area contributed by atoms with Crippen molar-refractivity contribution in [2.24, 2.45) is 5.73 Å². The molecule has 1 aromatic rings. The van der Waals surface area contributed by atoms with Gasteiger partial charge in [0, 0.05) is 12.0 Å². The monoisotopic (exact) mass is 223 g/mol. The molecule has 0 aliphatic carbocycles. The lowest BCUT2D eigenvalue weighted by Gasteiger charge is -2.17. The van der Waals surface area contributed by atoms with Gasteiger partial charge in [-0.1, -0.05) is 12.1 Å². The van der Waals surface area contributed by atoms with Crippen LogP contribution in [0.2, 0.25) is 0 Å². The molecule has 1 aromatic carbocycles. The molecule has 16 heavy (non-hydrogen) atoms. The Balaban J connectivity index is 0.000000606. The highest BCUT2D eigenvalue weighted by atomic mass is 16.6. The number of benzene rings is 1. The number of ether oxygens (including phenoxy) is 2. The minimum atomic E-state index is -0.204. The maximum absolute atomic E-state index is 10.3. The summed E-state index contributed by atoms with van der Waals surface area (Å²) in [5.74, 6) is 1.20. The van der Waals surface area contributed by atoms with Gasteiger partial charge in [0.2, 0.25) is 0 Å². The highest BCUT2D eigenvalue weighted by molar-refractivity contribution is 5.55. The van der Waals surface area contributed by atoms with Crippen molar-refractivity contribution in [3.05, 3.63) is 23.8 Å². The van der Waals surface area contributed by atoms with Crippen LogP contribution in [-0.4, -0.2) is 19.1 Å². The standard InChI is InChI=1S/C11H12O3.CH5N/c1-11(2)6-8-4-3-5-9(13-7-12)10(8)14-11;1-2/h3-5,7H,6H2,1-2H3;2H2,1H3. The zero-order valence-corrected chi connectivity index (χ0v) is 9.82. The summed E-state index contributed by atoms with van der Waals surface area (Å²) < 4.78 is 10.5. The van der Waals surface area contributed by atoms with E-state index in [1.807, 2.05) is 26.0 Å². The molecule has 0 saturated heterocycles. The maximum atomic E-state index is 10.3. The summed E-state index contributed by atoms with van der Waals surface area (Å²) >= 11 is 0. The van der Waals surface area contributed by atoms with Crippen molar-refractivity contribution in [2.45, 2.75) is 25.9 Å². The molecule has 0 bridgehead atoms. The normalized spacial score (nSPS) is 15.2. The Hall–Kier alpha value is -1.55. The van der Waals surface area contributed by atoms with Gasteiger partial charge in [-0.3, -0.25) is 4.79 Å². The van der Waals surface area contributed by atoms with E-state index < -0.39 is 0 Å². The molecule has 0 aromatic heterocycles. The van der Waals surface area contributed by atoms with Crippen molar-refractivity contribution in [3.63, 3.8) is 0 Å². The lowest BCUT2D eigenvalue weighted by Crippen LogP contribution is -2.24. The summed E-state index contributed by atoms with van der Waals surface area (Å²) in [5.41, 5.74) is 5.39. The number of hydrogen-bond donors (Lipinski definition) is 1. The van der Waals surface area contributed by atoms with Gasteiger partial charge in [-0.05, 0) is 27.0 Å². The van der Waals surface area contributed by atoms with E-state index in [9.17, 15) is 4.79 Å². The van der Waals surface area contributed by atoms with E-state index >= 15 is 0 Å². The SMILES string of the molecule is CC1(C)Cc2cccc(OC=O)c2O1.CN. The molecule has 0 radical (unpaired) electrons. The van der Waals surface area contributed by atoms with Crippen LogP contribution < -0.4 is 15.2 Å². The summed E-state index contributed by atoms with van der Waals surface area (Å²) in [4.78, 5) is 10.3. The zero-order chi connectivity index (χ0) is 12.2. The van der Waals surface area contributed by atoms with Gasteiger partial charge < -0.3 is 15.2 Å². The fourth-order valence-corrected chi connectivity index (χ4v) is 1.73.